The first kappa shape index (κ1) is 16.1. The van der Waals surface area contributed by atoms with Crippen LogP contribution in [0.3, 0.4) is 0 Å². The van der Waals surface area contributed by atoms with E-state index in [0.29, 0.717) is 5.75 Å². The monoisotopic (exact) mass is 293 g/mol. The van der Waals surface area contributed by atoms with Crippen molar-refractivity contribution in [3.8, 4) is 11.5 Å². The fourth-order valence-electron chi connectivity index (χ4n) is 3.04. The molecule has 1 aromatic carbocycles. The minimum Gasteiger partial charge on any atom is -0.497 e. The van der Waals surface area contributed by atoms with Gasteiger partial charge < -0.3 is 19.5 Å². The van der Waals surface area contributed by atoms with Gasteiger partial charge in [-0.05, 0) is 43.9 Å². The summed E-state index contributed by atoms with van der Waals surface area (Å²) in [6.07, 6.45) is 2.83. The van der Waals surface area contributed by atoms with Gasteiger partial charge >= 0.3 is 0 Å². The number of ether oxygens (including phenoxy) is 2. The molecule has 1 aliphatic heterocycles. The Morgan fingerprint density at radius 3 is 2.81 bits per heavy atom. The van der Waals surface area contributed by atoms with Crippen LogP contribution < -0.4 is 9.47 Å². The number of piperidine rings is 1. The summed E-state index contributed by atoms with van der Waals surface area (Å²) in [6.45, 7) is 5.53. The van der Waals surface area contributed by atoms with Crippen LogP contribution in [0.25, 0.3) is 0 Å². The van der Waals surface area contributed by atoms with Crippen LogP contribution in [0.5, 0.6) is 11.5 Å². The van der Waals surface area contributed by atoms with E-state index >= 15 is 0 Å². The summed E-state index contributed by atoms with van der Waals surface area (Å²) < 4.78 is 10.6. The molecule has 1 aromatic rings. The number of hydrogen-bond acceptors (Lipinski definition) is 4. The first-order chi connectivity index (χ1) is 10.1. The first-order valence-electron chi connectivity index (χ1n) is 7.76. The molecule has 1 N–H and O–H groups in total. The Bertz CT molecular complexity index is 450. The topological polar surface area (TPSA) is 41.9 Å². The lowest BCUT2D eigenvalue weighted by Crippen LogP contribution is -2.35. The van der Waals surface area contributed by atoms with E-state index in [4.69, 9.17) is 9.47 Å². The molecule has 0 amide bonds. The predicted octanol–water partition coefficient (Wildman–Crippen LogP) is 2.86. The molecule has 0 bridgehead atoms. The quantitative estimate of drug-likeness (QED) is 0.876. The SMILES string of the molecule is COc1ccc(C(O)CCN2CCCC(C)C2)c(OC)c1. The van der Waals surface area contributed by atoms with Gasteiger partial charge in [-0.1, -0.05) is 6.92 Å². The first-order valence-corrected chi connectivity index (χ1v) is 7.76. The fraction of sp³-hybridized carbons (Fsp3) is 0.647. The number of nitrogens with zero attached hydrogens (tertiary/aromatic N) is 1. The van der Waals surface area contributed by atoms with Gasteiger partial charge in [0, 0.05) is 24.7 Å². The highest BCUT2D eigenvalue weighted by Crippen LogP contribution is 2.31. The Morgan fingerprint density at radius 2 is 2.14 bits per heavy atom. The van der Waals surface area contributed by atoms with Crippen LogP contribution in [0, 0.1) is 5.92 Å². The molecular formula is C17H27NO3. The Balaban J connectivity index is 1.94. The summed E-state index contributed by atoms with van der Waals surface area (Å²) in [7, 11) is 3.25. The molecule has 4 nitrogen and oxygen atoms in total. The van der Waals surface area contributed by atoms with Crippen molar-refractivity contribution in [1.82, 2.24) is 4.90 Å². The maximum atomic E-state index is 10.4. The molecule has 2 unspecified atom stereocenters. The Hall–Kier alpha value is -1.26. The van der Waals surface area contributed by atoms with E-state index in [1.165, 1.54) is 12.8 Å². The lowest BCUT2D eigenvalue weighted by Gasteiger charge is -2.31. The van der Waals surface area contributed by atoms with Crippen molar-refractivity contribution in [3.05, 3.63) is 23.8 Å². The highest BCUT2D eigenvalue weighted by molar-refractivity contribution is 5.41. The van der Waals surface area contributed by atoms with Crippen LogP contribution in [-0.4, -0.2) is 43.9 Å². The number of likely N-dealkylation sites (tertiary alicyclic amines) is 1. The molecular weight excluding hydrogens is 266 g/mol. The van der Waals surface area contributed by atoms with Gasteiger partial charge in [-0.25, -0.2) is 0 Å². The summed E-state index contributed by atoms with van der Waals surface area (Å²) in [6, 6.07) is 5.58. The molecule has 1 heterocycles. The molecule has 1 saturated heterocycles. The Labute approximate surface area is 127 Å². The molecule has 21 heavy (non-hydrogen) atoms. The lowest BCUT2D eigenvalue weighted by atomic mass is 9.99. The highest BCUT2D eigenvalue weighted by atomic mass is 16.5. The standard InChI is InChI=1S/C17H27NO3/c1-13-5-4-9-18(12-13)10-8-16(19)15-7-6-14(20-2)11-17(15)21-3/h6-7,11,13,16,19H,4-5,8-10,12H2,1-3H3. The molecule has 4 heteroatoms. The largest absolute Gasteiger partial charge is 0.497 e. The molecule has 0 radical (unpaired) electrons. The zero-order valence-electron chi connectivity index (χ0n) is 13.3. The fourth-order valence-corrected chi connectivity index (χ4v) is 3.04. The zero-order chi connectivity index (χ0) is 15.2. The molecule has 0 aromatic heterocycles. The summed E-state index contributed by atoms with van der Waals surface area (Å²) in [5, 5.41) is 10.4. The molecule has 2 atom stereocenters. The number of methoxy groups -OCH3 is 2. The third-order valence-electron chi connectivity index (χ3n) is 4.26. The summed E-state index contributed by atoms with van der Waals surface area (Å²) in [5.41, 5.74) is 0.836. The van der Waals surface area contributed by atoms with E-state index < -0.39 is 6.10 Å². The number of aliphatic hydroxyl groups is 1. The molecule has 0 spiro atoms. The number of benzene rings is 1. The molecule has 0 saturated carbocycles. The van der Waals surface area contributed by atoms with E-state index in [0.717, 1.165) is 43.3 Å². The molecule has 0 aliphatic carbocycles. The molecule has 1 fully saturated rings. The van der Waals surface area contributed by atoms with Crippen molar-refractivity contribution in [1.29, 1.82) is 0 Å². The van der Waals surface area contributed by atoms with Gasteiger partial charge in [0.2, 0.25) is 0 Å². The maximum absolute atomic E-state index is 10.4. The normalized spacial score (nSPS) is 21.0. The zero-order valence-corrected chi connectivity index (χ0v) is 13.3. The number of aliphatic hydroxyl groups excluding tert-OH is 1. The van der Waals surface area contributed by atoms with Crippen molar-refractivity contribution >= 4 is 0 Å². The number of rotatable bonds is 6. The minimum atomic E-state index is -0.497. The van der Waals surface area contributed by atoms with E-state index in [2.05, 4.69) is 11.8 Å². The van der Waals surface area contributed by atoms with Crippen LogP contribution in [0.2, 0.25) is 0 Å². The van der Waals surface area contributed by atoms with Crippen LogP contribution >= 0.6 is 0 Å². The summed E-state index contributed by atoms with van der Waals surface area (Å²) >= 11 is 0. The highest BCUT2D eigenvalue weighted by Gasteiger charge is 2.19. The van der Waals surface area contributed by atoms with E-state index in [-0.39, 0.29) is 0 Å². The maximum Gasteiger partial charge on any atom is 0.128 e. The van der Waals surface area contributed by atoms with E-state index in [9.17, 15) is 5.11 Å². The summed E-state index contributed by atoms with van der Waals surface area (Å²) in [5.74, 6) is 2.20. The number of hydrogen-bond donors (Lipinski definition) is 1. The van der Waals surface area contributed by atoms with Crippen LogP contribution in [0.4, 0.5) is 0 Å². The van der Waals surface area contributed by atoms with Gasteiger partial charge in [-0.2, -0.15) is 0 Å². The van der Waals surface area contributed by atoms with E-state index in [1.807, 2.05) is 18.2 Å². The minimum absolute atomic E-state index is 0.497. The Kier molecular flexibility index (Phi) is 5.88. The van der Waals surface area contributed by atoms with Gasteiger partial charge in [0.05, 0.1) is 20.3 Å². The van der Waals surface area contributed by atoms with Crippen LogP contribution in [0.15, 0.2) is 18.2 Å². The van der Waals surface area contributed by atoms with Crippen molar-refractivity contribution in [3.63, 3.8) is 0 Å². The average molecular weight is 293 g/mol. The molecule has 1 aliphatic rings. The third-order valence-corrected chi connectivity index (χ3v) is 4.26. The van der Waals surface area contributed by atoms with Crippen LogP contribution in [0.1, 0.15) is 37.9 Å². The smallest absolute Gasteiger partial charge is 0.128 e. The second-order valence-corrected chi connectivity index (χ2v) is 5.96. The predicted molar refractivity (Wildman–Crippen MR) is 84.0 cm³/mol. The summed E-state index contributed by atoms with van der Waals surface area (Å²) in [4.78, 5) is 2.45. The van der Waals surface area contributed by atoms with Gasteiger partial charge in [0.15, 0.2) is 0 Å². The second-order valence-electron chi connectivity index (χ2n) is 5.96. The van der Waals surface area contributed by atoms with Crippen molar-refractivity contribution in [2.75, 3.05) is 33.9 Å². The second kappa shape index (κ2) is 7.66. The third kappa shape index (κ3) is 4.35. The van der Waals surface area contributed by atoms with Gasteiger partial charge in [-0.15, -0.1) is 0 Å². The molecule has 118 valence electrons. The average Bonchev–Trinajstić information content (AvgIpc) is 2.52. The van der Waals surface area contributed by atoms with E-state index in [1.54, 1.807) is 14.2 Å². The van der Waals surface area contributed by atoms with Crippen molar-refractivity contribution < 1.29 is 14.6 Å². The van der Waals surface area contributed by atoms with Gasteiger partial charge in [0.1, 0.15) is 11.5 Å². The van der Waals surface area contributed by atoms with Crippen LogP contribution in [-0.2, 0) is 0 Å². The Morgan fingerprint density at radius 1 is 1.33 bits per heavy atom. The molecule has 2 rings (SSSR count). The van der Waals surface area contributed by atoms with Crippen molar-refractivity contribution in [2.45, 2.75) is 32.3 Å². The van der Waals surface area contributed by atoms with Gasteiger partial charge in [0.25, 0.3) is 0 Å². The van der Waals surface area contributed by atoms with Gasteiger partial charge in [-0.3, -0.25) is 0 Å². The lowest BCUT2D eigenvalue weighted by molar-refractivity contribution is 0.120. The van der Waals surface area contributed by atoms with Crippen molar-refractivity contribution in [2.24, 2.45) is 5.92 Å².